The topological polar surface area (TPSA) is 55.8 Å². The van der Waals surface area contributed by atoms with E-state index in [4.69, 9.17) is 9.47 Å². The first-order valence-electron chi connectivity index (χ1n) is 10.1. The molecule has 1 heterocycles. The van der Waals surface area contributed by atoms with Crippen LogP contribution in [-0.4, -0.2) is 24.5 Å². The number of anilines is 1. The number of ether oxygens (including phenoxy) is 2. The summed E-state index contributed by atoms with van der Waals surface area (Å²) in [4.78, 5) is 27.1. The number of para-hydroxylation sites is 2. The number of esters is 1. The fraction of sp³-hybridized carbons (Fsp3) is 0.200. The predicted octanol–water partition coefficient (Wildman–Crippen LogP) is 4.54. The maximum absolute atomic E-state index is 13.1. The van der Waals surface area contributed by atoms with Gasteiger partial charge in [-0.15, -0.1) is 0 Å². The number of benzene rings is 3. The number of amides is 1. The first-order chi connectivity index (χ1) is 15.0. The van der Waals surface area contributed by atoms with E-state index < -0.39 is 5.97 Å². The minimum Gasteiger partial charge on any atom is -0.488 e. The molecule has 0 bridgehead atoms. The minimum atomic E-state index is -0.636. The number of hydrogen-bond donors (Lipinski definition) is 0. The SMILES string of the molecule is CC1Cc2ccccc2N1C(=O)COC(=O)c1ccccc1OCc1ccc(F)cc1. The van der Waals surface area contributed by atoms with Crippen LogP contribution in [0, 0.1) is 5.82 Å². The lowest BCUT2D eigenvalue weighted by Gasteiger charge is -2.22. The highest BCUT2D eigenvalue weighted by Crippen LogP contribution is 2.32. The van der Waals surface area contributed by atoms with E-state index in [2.05, 4.69) is 0 Å². The van der Waals surface area contributed by atoms with Crippen LogP contribution in [0.2, 0.25) is 0 Å². The van der Waals surface area contributed by atoms with Crippen LogP contribution in [0.1, 0.15) is 28.4 Å². The summed E-state index contributed by atoms with van der Waals surface area (Å²) in [7, 11) is 0. The molecule has 31 heavy (non-hydrogen) atoms. The number of carbonyl (C=O) groups excluding carboxylic acids is 2. The fourth-order valence-corrected chi connectivity index (χ4v) is 3.72. The molecule has 0 fully saturated rings. The van der Waals surface area contributed by atoms with Gasteiger partial charge >= 0.3 is 5.97 Å². The minimum absolute atomic E-state index is 0.00920. The van der Waals surface area contributed by atoms with Gasteiger partial charge in [0.05, 0.1) is 0 Å². The van der Waals surface area contributed by atoms with Crippen molar-refractivity contribution in [3.8, 4) is 5.75 Å². The van der Waals surface area contributed by atoms with Gasteiger partial charge in [-0.2, -0.15) is 0 Å². The molecule has 0 aliphatic carbocycles. The van der Waals surface area contributed by atoms with Crippen LogP contribution in [-0.2, 0) is 22.6 Å². The van der Waals surface area contributed by atoms with Crippen molar-refractivity contribution in [3.05, 3.63) is 95.3 Å². The van der Waals surface area contributed by atoms with Crippen LogP contribution in [0.5, 0.6) is 5.75 Å². The molecule has 1 unspecified atom stereocenters. The lowest BCUT2D eigenvalue weighted by molar-refractivity contribution is -0.122. The van der Waals surface area contributed by atoms with Crippen molar-refractivity contribution in [1.82, 2.24) is 0 Å². The molecule has 1 amide bonds. The molecular weight excluding hydrogens is 397 g/mol. The Kier molecular flexibility index (Phi) is 5.98. The summed E-state index contributed by atoms with van der Waals surface area (Å²) in [5.74, 6) is -0.893. The monoisotopic (exact) mass is 419 g/mol. The van der Waals surface area contributed by atoms with Crippen LogP contribution >= 0.6 is 0 Å². The normalized spacial score (nSPS) is 14.8. The van der Waals surface area contributed by atoms with Crippen LogP contribution in [0.4, 0.5) is 10.1 Å². The van der Waals surface area contributed by atoms with E-state index in [0.717, 1.165) is 23.2 Å². The van der Waals surface area contributed by atoms with Crippen molar-refractivity contribution < 1.29 is 23.5 Å². The molecule has 1 atom stereocenters. The summed E-state index contributed by atoms with van der Waals surface area (Å²) >= 11 is 0. The molecule has 1 aliphatic heterocycles. The van der Waals surface area contributed by atoms with Crippen molar-refractivity contribution in [1.29, 1.82) is 0 Å². The summed E-state index contributed by atoms with van der Waals surface area (Å²) in [6.07, 6.45) is 0.774. The van der Waals surface area contributed by atoms with Gasteiger partial charge in [0.1, 0.15) is 23.7 Å². The molecule has 3 aromatic rings. The van der Waals surface area contributed by atoms with E-state index in [-0.39, 0.29) is 36.5 Å². The van der Waals surface area contributed by atoms with Crippen molar-refractivity contribution >= 4 is 17.6 Å². The molecule has 4 rings (SSSR count). The van der Waals surface area contributed by atoms with Crippen LogP contribution in [0.15, 0.2) is 72.8 Å². The second-order valence-electron chi connectivity index (χ2n) is 7.43. The maximum Gasteiger partial charge on any atom is 0.342 e. The molecule has 158 valence electrons. The molecule has 0 spiro atoms. The van der Waals surface area contributed by atoms with Crippen molar-refractivity contribution in [3.63, 3.8) is 0 Å². The van der Waals surface area contributed by atoms with Gasteiger partial charge in [-0.25, -0.2) is 9.18 Å². The number of carbonyl (C=O) groups is 2. The number of nitrogens with zero attached hydrogens (tertiary/aromatic N) is 1. The number of fused-ring (bicyclic) bond motifs is 1. The summed E-state index contributed by atoms with van der Waals surface area (Å²) in [5.41, 5.74) is 2.96. The van der Waals surface area contributed by atoms with E-state index in [0.29, 0.717) is 5.75 Å². The summed E-state index contributed by atoms with van der Waals surface area (Å²) in [6, 6.07) is 20.3. The Balaban J connectivity index is 1.40. The Bertz CT molecular complexity index is 1100. The van der Waals surface area contributed by atoms with Gasteiger partial charge in [0.15, 0.2) is 6.61 Å². The third-order valence-electron chi connectivity index (χ3n) is 5.22. The Morgan fingerprint density at radius 3 is 2.52 bits per heavy atom. The van der Waals surface area contributed by atoms with Crippen molar-refractivity contribution in [2.45, 2.75) is 26.0 Å². The molecule has 5 nitrogen and oxygen atoms in total. The molecule has 0 radical (unpaired) electrons. The van der Waals surface area contributed by atoms with Gasteiger partial charge in [0.2, 0.25) is 0 Å². The highest BCUT2D eigenvalue weighted by atomic mass is 19.1. The number of halogens is 1. The van der Waals surface area contributed by atoms with Crippen LogP contribution < -0.4 is 9.64 Å². The Morgan fingerprint density at radius 2 is 1.71 bits per heavy atom. The van der Waals surface area contributed by atoms with Gasteiger partial charge in [-0.3, -0.25) is 4.79 Å². The van der Waals surface area contributed by atoms with E-state index in [1.807, 2.05) is 31.2 Å². The second-order valence-corrected chi connectivity index (χ2v) is 7.43. The van der Waals surface area contributed by atoms with Gasteiger partial charge in [-0.1, -0.05) is 42.5 Å². The third-order valence-corrected chi connectivity index (χ3v) is 5.22. The molecule has 0 aromatic heterocycles. The average Bonchev–Trinajstić information content (AvgIpc) is 3.13. The third kappa shape index (κ3) is 4.58. The van der Waals surface area contributed by atoms with Crippen molar-refractivity contribution in [2.75, 3.05) is 11.5 Å². The molecule has 1 aliphatic rings. The zero-order chi connectivity index (χ0) is 21.8. The van der Waals surface area contributed by atoms with E-state index in [1.54, 1.807) is 41.3 Å². The van der Waals surface area contributed by atoms with Gasteiger partial charge < -0.3 is 14.4 Å². The fourth-order valence-electron chi connectivity index (χ4n) is 3.72. The lowest BCUT2D eigenvalue weighted by Crippen LogP contribution is -2.38. The van der Waals surface area contributed by atoms with Gasteiger partial charge in [0.25, 0.3) is 5.91 Å². The molecule has 0 N–H and O–H groups in total. The second kappa shape index (κ2) is 9.00. The first kappa shape index (κ1) is 20.6. The summed E-state index contributed by atoms with van der Waals surface area (Å²) in [6.45, 7) is 1.79. The zero-order valence-electron chi connectivity index (χ0n) is 17.1. The quantitative estimate of drug-likeness (QED) is 0.551. The Labute approximate surface area is 180 Å². The molecule has 6 heteroatoms. The number of rotatable bonds is 6. The van der Waals surface area contributed by atoms with Gasteiger partial charge in [0, 0.05) is 11.7 Å². The molecule has 0 saturated heterocycles. The summed E-state index contributed by atoms with van der Waals surface area (Å²) < 4.78 is 24.1. The maximum atomic E-state index is 13.1. The Hall–Kier alpha value is -3.67. The predicted molar refractivity (Wildman–Crippen MR) is 115 cm³/mol. The first-order valence-corrected chi connectivity index (χ1v) is 10.1. The Morgan fingerprint density at radius 1 is 1.00 bits per heavy atom. The molecule has 0 saturated carbocycles. The van der Waals surface area contributed by atoms with E-state index >= 15 is 0 Å². The highest BCUT2D eigenvalue weighted by Gasteiger charge is 2.31. The largest absolute Gasteiger partial charge is 0.488 e. The average molecular weight is 419 g/mol. The van der Waals surface area contributed by atoms with E-state index in [1.165, 1.54) is 12.1 Å². The highest BCUT2D eigenvalue weighted by molar-refractivity contribution is 5.99. The van der Waals surface area contributed by atoms with Crippen molar-refractivity contribution in [2.24, 2.45) is 0 Å². The van der Waals surface area contributed by atoms with Crippen LogP contribution in [0.3, 0.4) is 0 Å². The zero-order valence-corrected chi connectivity index (χ0v) is 17.1. The molecule has 3 aromatic carbocycles. The standard InChI is InChI=1S/C25H22FNO4/c1-17-14-19-6-2-4-8-22(19)27(17)24(28)16-31-25(29)21-7-3-5-9-23(21)30-15-18-10-12-20(26)13-11-18/h2-13,17H,14-16H2,1H3. The molecular formula is C25H22FNO4. The number of hydrogen-bond acceptors (Lipinski definition) is 4. The van der Waals surface area contributed by atoms with E-state index in [9.17, 15) is 14.0 Å². The lowest BCUT2D eigenvalue weighted by atomic mass is 10.1. The van der Waals surface area contributed by atoms with Gasteiger partial charge in [-0.05, 0) is 54.8 Å². The summed E-state index contributed by atoms with van der Waals surface area (Å²) in [5, 5.41) is 0. The van der Waals surface area contributed by atoms with Crippen LogP contribution in [0.25, 0.3) is 0 Å². The smallest absolute Gasteiger partial charge is 0.342 e.